The Kier molecular flexibility index (Phi) is 9.26. The molecular weight excluding hydrogens is 386 g/mol. The van der Waals surface area contributed by atoms with Crippen LogP contribution in [0, 0.1) is 6.92 Å². The third-order valence-electron chi connectivity index (χ3n) is 4.38. The molecule has 0 aliphatic heterocycles. The van der Waals surface area contributed by atoms with Crippen molar-refractivity contribution in [2.75, 3.05) is 26.9 Å². The Hall–Kier alpha value is -2.45. The second kappa shape index (κ2) is 11.7. The maximum Gasteiger partial charge on any atom is 0.247 e. The van der Waals surface area contributed by atoms with Gasteiger partial charge >= 0.3 is 0 Å². The van der Waals surface area contributed by atoms with Gasteiger partial charge in [-0.15, -0.1) is 10.2 Å². The minimum Gasteiger partial charge on any atom is -0.493 e. The molecule has 1 heterocycles. The first kappa shape index (κ1) is 23.8. The number of nitrogens with zero attached hydrogens (tertiary/aromatic N) is 2. The van der Waals surface area contributed by atoms with Crippen LogP contribution in [-0.4, -0.2) is 54.7 Å². The van der Waals surface area contributed by atoms with Gasteiger partial charge in [-0.05, 0) is 51.5 Å². The third kappa shape index (κ3) is 8.51. The van der Waals surface area contributed by atoms with Crippen LogP contribution in [0.25, 0.3) is 11.5 Å². The lowest BCUT2D eigenvalue weighted by Gasteiger charge is -2.28. The number of carbonyl (C=O) groups is 1. The molecule has 1 amide bonds. The van der Waals surface area contributed by atoms with Crippen molar-refractivity contribution in [2.24, 2.45) is 0 Å². The van der Waals surface area contributed by atoms with Crippen LogP contribution in [0.4, 0.5) is 0 Å². The quantitative estimate of drug-likeness (QED) is 0.496. The molecule has 0 bridgehead atoms. The van der Waals surface area contributed by atoms with Crippen molar-refractivity contribution in [3.8, 4) is 17.2 Å². The van der Waals surface area contributed by atoms with E-state index in [4.69, 9.17) is 18.6 Å². The fourth-order valence-corrected chi connectivity index (χ4v) is 2.74. The molecule has 0 spiro atoms. The number of carbonyl (C=O) groups excluding carboxylic acids is 1. The van der Waals surface area contributed by atoms with Crippen LogP contribution >= 0.6 is 0 Å². The summed E-state index contributed by atoms with van der Waals surface area (Å²) in [5, 5.41) is 10.8. The molecule has 8 nitrogen and oxygen atoms in total. The van der Waals surface area contributed by atoms with Gasteiger partial charge < -0.3 is 23.9 Å². The monoisotopic (exact) mass is 419 g/mol. The summed E-state index contributed by atoms with van der Waals surface area (Å²) in [6, 6.07) is 7.53. The van der Waals surface area contributed by atoms with E-state index in [1.54, 1.807) is 14.0 Å². The zero-order valence-electron chi connectivity index (χ0n) is 18.6. The maximum atomic E-state index is 12.0. The number of rotatable bonds is 13. The van der Waals surface area contributed by atoms with Gasteiger partial charge in [-0.25, -0.2) is 0 Å². The first-order valence-electron chi connectivity index (χ1n) is 10.2. The molecule has 0 saturated heterocycles. The van der Waals surface area contributed by atoms with Gasteiger partial charge in [0.05, 0.1) is 24.9 Å². The molecule has 166 valence electrons. The van der Waals surface area contributed by atoms with Crippen LogP contribution in [0.15, 0.2) is 28.7 Å². The Morgan fingerprint density at radius 2 is 1.93 bits per heavy atom. The smallest absolute Gasteiger partial charge is 0.247 e. The Labute approximate surface area is 178 Å². The number of amides is 1. The predicted molar refractivity (Wildman–Crippen MR) is 113 cm³/mol. The highest BCUT2D eigenvalue weighted by molar-refractivity contribution is 5.76. The topological polar surface area (TPSA) is 95.7 Å². The Bertz CT molecular complexity index is 773. The molecule has 1 aromatic carbocycles. The molecule has 1 unspecified atom stereocenters. The second-order valence-corrected chi connectivity index (χ2v) is 7.94. The van der Waals surface area contributed by atoms with Gasteiger partial charge in [0.25, 0.3) is 0 Å². The molecule has 1 atom stereocenters. The van der Waals surface area contributed by atoms with Crippen molar-refractivity contribution in [1.82, 2.24) is 15.5 Å². The molecule has 2 aromatic rings. The summed E-state index contributed by atoms with van der Waals surface area (Å²) in [6.07, 6.45) is 1.91. The number of nitrogens with one attached hydrogen (secondary N) is 1. The van der Waals surface area contributed by atoms with Crippen molar-refractivity contribution in [3.63, 3.8) is 0 Å². The molecule has 1 N–H and O–H groups in total. The summed E-state index contributed by atoms with van der Waals surface area (Å²) >= 11 is 0. The zero-order valence-corrected chi connectivity index (χ0v) is 18.6. The normalized spacial score (nSPS) is 12.6. The lowest BCUT2D eigenvalue weighted by Crippen LogP contribution is -2.47. The van der Waals surface area contributed by atoms with Crippen molar-refractivity contribution >= 4 is 5.91 Å². The van der Waals surface area contributed by atoms with Gasteiger partial charge in [0.1, 0.15) is 5.75 Å². The molecule has 2 rings (SSSR count). The summed E-state index contributed by atoms with van der Waals surface area (Å²) in [5.74, 6) is 1.81. The van der Waals surface area contributed by atoms with Gasteiger partial charge in [0.2, 0.25) is 17.7 Å². The summed E-state index contributed by atoms with van der Waals surface area (Å²) in [7, 11) is 1.63. The van der Waals surface area contributed by atoms with Crippen LogP contribution in [0.2, 0.25) is 0 Å². The average Bonchev–Trinajstić information content (AvgIpc) is 3.13. The molecule has 0 saturated carbocycles. The van der Waals surface area contributed by atoms with E-state index in [-0.39, 0.29) is 12.0 Å². The first-order chi connectivity index (χ1) is 14.3. The van der Waals surface area contributed by atoms with Crippen molar-refractivity contribution in [3.05, 3.63) is 30.2 Å². The zero-order chi connectivity index (χ0) is 22.0. The van der Waals surface area contributed by atoms with Gasteiger partial charge in [-0.2, -0.15) is 0 Å². The molecule has 0 aliphatic carbocycles. The van der Waals surface area contributed by atoms with E-state index >= 15 is 0 Å². The molecular formula is C22H33N3O5. The number of aromatic nitrogens is 2. The van der Waals surface area contributed by atoms with E-state index in [1.165, 1.54) is 0 Å². The molecule has 1 aromatic heterocycles. The van der Waals surface area contributed by atoms with Gasteiger partial charge in [0.15, 0.2) is 0 Å². The van der Waals surface area contributed by atoms with E-state index < -0.39 is 5.54 Å². The predicted octanol–water partition coefficient (Wildman–Crippen LogP) is 3.54. The standard InChI is InChI=1S/C22H33N3O5/c1-16(29-15-22(3,4)23-20(26)7-6-13-27-5)12-14-28-19-10-8-18(9-11-19)21-25-24-17(2)30-21/h8-11,16H,6-7,12-15H2,1-5H3,(H,23,26). The van der Waals surface area contributed by atoms with Gasteiger partial charge in [-0.3, -0.25) is 4.79 Å². The fourth-order valence-electron chi connectivity index (χ4n) is 2.74. The minimum atomic E-state index is -0.428. The van der Waals surface area contributed by atoms with E-state index in [2.05, 4.69) is 15.5 Å². The van der Waals surface area contributed by atoms with Crippen LogP contribution in [0.1, 0.15) is 45.9 Å². The van der Waals surface area contributed by atoms with Crippen molar-refractivity contribution in [2.45, 2.75) is 58.6 Å². The number of aryl methyl sites for hydroxylation is 1. The molecule has 8 heteroatoms. The van der Waals surface area contributed by atoms with Crippen LogP contribution < -0.4 is 10.1 Å². The Balaban J connectivity index is 1.66. The van der Waals surface area contributed by atoms with E-state index in [1.807, 2.05) is 45.0 Å². The Morgan fingerprint density at radius 3 is 2.57 bits per heavy atom. The van der Waals surface area contributed by atoms with Crippen molar-refractivity contribution < 1.29 is 23.4 Å². The van der Waals surface area contributed by atoms with Crippen molar-refractivity contribution in [1.29, 1.82) is 0 Å². The van der Waals surface area contributed by atoms with E-state index in [0.29, 0.717) is 44.4 Å². The first-order valence-corrected chi connectivity index (χ1v) is 10.2. The minimum absolute atomic E-state index is 0.00955. The van der Waals surface area contributed by atoms with Crippen LogP contribution in [-0.2, 0) is 14.3 Å². The summed E-state index contributed by atoms with van der Waals surface area (Å²) in [4.78, 5) is 12.0. The number of hydrogen-bond donors (Lipinski definition) is 1. The molecule has 0 aliphatic rings. The average molecular weight is 420 g/mol. The highest BCUT2D eigenvalue weighted by Crippen LogP contribution is 2.21. The summed E-state index contributed by atoms with van der Waals surface area (Å²) in [6.45, 7) is 9.22. The van der Waals surface area contributed by atoms with Crippen LogP contribution in [0.3, 0.4) is 0 Å². The summed E-state index contributed by atoms with van der Waals surface area (Å²) < 4.78 is 22.1. The largest absolute Gasteiger partial charge is 0.493 e. The Morgan fingerprint density at radius 1 is 1.20 bits per heavy atom. The van der Waals surface area contributed by atoms with Gasteiger partial charge in [-0.1, -0.05) is 0 Å². The molecule has 0 fully saturated rings. The highest BCUT2D eigenvalue weighted by atomic mass is 16.5. The van der Waals surface area contributed by atoms with Gasteiger partial charge in [0, 0.05) is 39.0 Å². The second-order valence-electron chi connectivity index (χ2n) is 7.94. The molecule has 30 heavy (non-hydrogen) atoms. The maximum absolute atomic E-state index is 12.0. The van der Waals surface area contributed by atoms with E-state index in [0.717, 1.165) is 17.7 Å². The summed E-state index contributed by atoms with van der Waals surface area (Å²) in [5.41, 5.74) is 0.425. The number of methoxy groups -OCH3 is 1. The lowest BCUT2D eigenvalue weighted by atomic mass is 10.1. The third-order valence-corrected chi connectivity index (χ3v) is 4.38. The number of benzene rings is 1. The fraction of sp³-hybridized carbons (Fsp3) is 0.591. The number of hydrogen-bond acceptors (Lipinski definition) is 7. The lowest BCUT2D eigenvalue weighted by molar-refractivity contribution is -0.124. The SMILES string of the molecule is COCCCC(=O)NC(C)(C)COC(C)CCOc1ccc(-c2nnc(C)o2)cc1. The van der Waals surface area contributed by atoms with E-state index in [9.17, 15) is 4.79 Å². The molecule has 0 radical (unpaired) electrons. The van der Waals surface area contributed by atoms with Crippen LogP contribution in [0.5, 0.6) is 5.75 Å². The number of ether oxygens (including phenoxy) is 3. The highest BCUT2D eigenvalue weighted by Gasteiger charge is 2.21.